The summed E-state index contributed by atoms with van der Waals surface area (Å²) in [4.78, 5) is 0. The van der Waals surface area contributed by atoms with Crippen LogP contribution < -0.4 is 0 Å². The van der Waals surface area contributed by atoms with E-state index in [0.29, 0.717) is 10.8 Å². The van der Waals surface area contributed by atoms with E-state index in [-0.39, 0.29) is 13.2 Å². The molecule has 23 heavy (non-hydrogen) atoms. The van der Waals surface area contributed by atoms with Crippen molar-refractivity contribution < 1.29 is 15.3 Å². The minimum absolute atomic E-state index is 0.0306. The Morgan fingerprint density at radius 1 is 1.09 bits per heavy atom. The normalized spacial score (nSPS) is 41.2. The zero-order valence-electron chi connectivity index (χ0n) is 15.1. The smallest absolute Gasteiger partial charge is 0.0852 e. The van der Waals surface area contributed by atoms with E-state index in [9.17, 15) is 15.3 Å². The molecular formula is C20H34O3. The lowest BCUT2D eigenvalue weighted by Gasteiger charge is -2.57. The fourth-order valence-electron chi connectivity index (χ4n) is 6.33. The molecule has 0 heterocycles. The molecule has 1 saturated carbocycles. The third-order valence-corrected chi connectivity index (χ3v) is 7.71. The van der Waals surface area contributed by atoms with Crippen molar-refractivity contribution in [2.24, 2.45) is 22.2 Å². The number of allylic oxidation sites excluding steroid dienone is 2. The summed E-state index contributed by atoms with van der Waals surface area (Å²) in [6, 6.07) is 0. The Balaban J connectivity index is 1.94. The highest BCUT2D eigenvalue weighted by Gasteiger charge is 2.53. The molecule has 0 amide bonds. The van der Waals surface area contributed by atoms with E-state index in [0.717, 1.165) is 31.6 Å². The number of aliphatic hydroxyl groups is 3. The van der Waals surface area contributed by atoms with E-state index in [1.807, 2.05) is 0 Å². The van der Waals surface area contributed by atoms with Crippen molar-refractivity contribution in [3.63, 3.8) is 0 Å². The molecule has 3 aliphatic carbocycles. The van der Waals surface area contributed by atoms with Crippen molar-refractivity contribution in [1.82, 2.24) is 0 Å². The second-order valence-corrected chi connectivity index (χ2v) is 9.33. The lowest BCUT2D eigenvalue weighted by atomic mass is 9.47. The first kappa shape index (κ1) is 17.4. The average Bonchev–Trinajstić information content (AvgIpc) is 2.52. The van der Waals surface area contributed by atoms with Crippen LogP contribution in [0.2, 0.25) is 0 Å². The molecule has 3 heteroatoms. The van der Waals surface area contributed by atoms with E-state index in [4.69, 9.17) is 0 Å². The molecule has 0 aromatic rings. The van der Waals surface area contributed by atoms with Crippen LogP contribution in [0.4, 0.5) is 0 Å². The summed E-state index contributed by atoms with van der Waals surface area (Å²) in [6.45, 7) is 7.07. The molecule has 3 N–H and O–H groups in total. The Hall–Kier alpha value is -0.380. The van der Waals surface area contributed by atoms with Crippen LogP contribution in [0, 0.1) is 22.2 Å². The number of fused-ring (bicyclic) bond motifs is 2. The molecule has 0 spiro atoms. The molecule has 4 atom stereocenters. The molecule has 3 nitrogen and oxygen atoms in total. The predicted octanol–water partition coefficient (Wildman–Crippen LogP) is 3.43. The molecule has 0 aromatic carbocycles. The molecular weight excluding hydrogens is 288 g/mol. The van der Waals surface area contributed by atoms with Gasteiger partial charge in [-0.1, -0.05) is 38.3 Å². The second-order valence-electron chi connectivity index (χ2n) is 9.33. The zero-order chi connectivity index (χ0) is 16.9. The fraction of sp³-hybridized carbons (Fsp3) is 0.900. The van der Waals surface area contributed by atoms with Gasteiger partial charge in [-0.25, -0.2) is 0 Å². The van der Waals surface area contributed by atoms with Crippen LogP contribution in [-0.4, -0.2) is 34.6 Å². The van der Waals surface area contributed by atoms with Crippen LogP contribution in [0.3, 0.4) is 0 Å². The number of aliphatic hydroxyl groups excluding tert-OH is 3. The van der Waals surface area contributed by atoms with Gasteiger partial charge in [0.25, 0.3) is 0 Å². The van der Waals surface area contributed by atoms with Crippen LogP contribution in [0.25, 0.3) is 0 Å². The topological polar surface area (TPSA) is 60.7 Å². The summed E-state index contributed by atoms with van der Waals surface area (Å²) < 4.78 is 0. The SMILES string of the molecule is CC1(C)CCCC2(C)C3=C(CCC12)CC(CO)(C(O)CO)CC3. The molecule has 4 unspecified atom stereocenters. The van der Waals surface area contributed by atoms with Crippen molar-refractivity contribution in [2.45, 2.75) is 78.2 Å². The van der Waals surface area contributed by atoms with E-state index in [1.54, 1.807) is 5.57 Å². The fourth-order valence-corrected chi connectivity index (χ4v) is 6.33. The molecule has 132 valence electrons. The van der Waals surface area contributed by atoms with Gasteiger partial charge in [0.2, 0.25) is 0 Å². The zero-order valence-corrected chi connectivity index (χ0v) is 15.1. The maximum atomic E-state index is 10.3. The van der Waals surface area contributed by atoms with Crippen LogP contribution in [-0.2, 0) is 0 Å². The minimum atomic E-state index is -0.810. The first-order valence-electron chi connectivity index (χ1n) is 9.40. The Morgan fingerprint density at radius 2 is 1.83 bits per heavy atom. The van der Waals surface area contributed by atoms with Crippen molar-refractivity contribution >= 4 is 0 Å². The Bertz CT molecular complexity index is 495. The molecule has 0 aliphatic heterocycles. The van der Waals surface area contributed by atoms with Crippen LogP contribution in [0.1, 0.15) is 72.1 Å². The van der Waals surface area contributed by atoms with E-state index in [2.05, 4.69) is 20.8 Å². The molecule has 3 rings (SSSR count). The van der Waals surface area contributed by atoms with Crippen LogP contribution in [0.15, 0.2) is 11.1 Å². The van der Waals surface area contributed by atoms with Gasteiger partial charge in [0.05, 0.1) is 19.3 Å². The first-order chi connectivity index (χ1) is 10.8. The van der Waals surface area contributed by atoms with Crippen molar-refractivity contribution in [1.29, 1.82) is 0 Å². The summed E-state index contributed by atoms with van der Waals surface area (Å²) in [5.41, 5.74) is 3.31. The number of hydrogen-bond donors (Lipinski definition) is 3. The lowest BCUT2D eigenvalue weighted by Crippen LogP contribution is -2.49. The van der Waals surface area contributed by atoms with Gasteiger partial charge in [0.1, 0.15) is 0 Å². The van der Waals surface area contributed by atoms with Crippen molar-refractivity contribution in [2.75, 3.05) is 13.2 Å². The van der Waals surface area contributed by atoms with Crippen LogP contribution in [0.5, 0.6) is 0 Å². The Morgan fingerprint density at radius 3 is 2.48 bits per heavy atom. The highest BCUT2D eigenvalue weighted by Crippen LogP contribution is 2.63. The van der Waals surface area contributed by atoms with Gasteiger partial charge >= 0.3 is 0 Å². The summed E-state index contributed by atoms with van der Waals surface area (Å²) in [5.74, 6) is 0.756. The highest BCUT2D eigenvalue weighted by molar-refractivity contribution is 5.32. The summed E-state index contributed by atoms with van der Waals surface area (Å²) >= 11 is 0. The maximum absolute atomic E-state index is 10.3. The highest BCUT2D eigenvalue weighted by atomic mass is 16.3. The summed E-state index contributed by atoms with van der Waals surface area (Å²) in [6.07, 6.45) is 8.01. The maximum Gasteiger partial charge on any atom is 0.0852 e. The number of rotatable bonds is 3. The summed E-state index contributed by atoms with van der Waals surface area (Å²) in [5, 5.41) is 29.6. The van der Waals surface area contributed by atoms with Gasteiger partial charge in [-0.2, -0.15) is 0 Å². The largest absolute Gasteiger partial charge is 0.396 e. The third kappa shape index (κ3) is 2.60. The second kappa shape index (κ2) is 5.86. The first-order valence-corrected chi connectivity index (χ1v) is 9.40. The lowest BCUT2D eigenvalue weighted by molar-refractivity contribution is -0.0630. The molecule has 3 aliphatic rings. The monoisotopic (exact) mass is 322 g/mol. The van der Waals surface area contributed by atoms with Gasteiger partial charge in [-0.3, -0.25) is 0 Å². The predicted molar refractivity (Wildman–Crippen MR) is 92.0 cm³/mol. The molecule has 1 fully saturated rings. The molecule has 0 saturated heterocycles. The Labute approximate surface area is 140 Å². The molecule has 0 aromatic heterocycles. The van der Waals surface area contributed by atoms with Gasteiger partial charge in [-0.05, 0) is 61.7 Å². The van der Waals surface area contributed by atoms with Gasteiger partial charge in [0, 0.05) is 5.41 Å². The van der Waals surface area contributed by atoms with Crippen molar-refractivity contribution in [3.05, 3.63) is 11.1 Å². The molecule has 0 radical (unpaired) electrons. The third-order valence-electron chi connectivity index (χ3n) is 7.71. The quantitative estimate of drug-likeness (QED) is 0.698. The van der Waals surface area contributed by atoms with Crippen LogP contribution >= 0.6 is 0 Å². The van der Waals surface area contributed by atoms with Crippen molar-refractivity contribution in [3.8, 4) is 0 Å². The van der Waals surface area contributed by atoms with Gasteiger partial charge in [0.15, 0.2) is 0 Å². The standard InChI is InChI=1S/C20H34O3/c1-18(2)8-4-9-19(3)15-7-10-20(13-22,17(23)12-21)11-14(15)5-6-16(18)19/h16-17,21-23H,4-13H2,1-3H3. The van der Waals surface area contributed by atoms with Gasteiger partial charge in [-0.15, -0.1) is 0 Å². The minimum Gasteiger partial charge on any atom is -0.396 e. The van der Waals surface area contributed by atoms with E-state index < -0.39 is 11.5 Å². The molecule has 0 bridgehead atoms. The average molecular weight is 322 g/mol. The summed E-state index contributed by atoms with van der Waals surface area (Å²) in [7, 11) is 0. The number of hydrogen-bond acceptors (Lipinski definition) is 3. The van der Waals surface area contributed by atoms with Gasteiger partial charge < -0.3 is 15.3 Å². The van der Waals surface area contributed by atoms with E-state index >= 15 is 0 Å². The van der Waals surface area contributed by atoms with E-state index in [1.165, 1.54) is 31.3 Å². The Kier molecular flexibility index (Phi) is 4.44.